The molecule has 3 aromatic rings. The Kier molecular flexibility index (Phi) is 4.01. The van der Waals surface area contributed by atoms with E-state index in [-0.39, 0.29) is 17.5 Å². The zero-order valence-electron chi connectivity index (χ0n) is 13.7. The molecule has 4 rings (SSSR count). The number of ether oxygens (including phenoxy) is 1. The van der Waals surface area contributed by atoms with Gasteiger partial charge in [0, 0.05) is 12.5 Å². The molecule has 128 valence electrons. The van der Waals surface area contributed by atoms with E-state index >= 15 is 0 Å². The number of fused-ring (bicyclic) bond motifs is 2. The number of amides is 1. The van der Waals surface area contributed by atoms with Crippen molar-refractivity contribution in [1.82, 2.24) is 15.3 Å². The van der Waals surface area contributed by atoms with Crippen LogP contribution in [0.2, 0.25) is 0 Å². The number of aromatic nitrogens is 2. The number of H-pyrrole nitrogens is 2. The lowest BCUT2D eigenvalue weighted by atomic mass is 9.96. The Balaban J connectivity index is 1.43. The number of imidazole rings is 1. The van der Waals surface area contributed by atoms with Crippen LogP contribution < -0.4 is 15.7 Å². The normalized spacial score (nSPS) is 16.7. The molecule has 2 heterocycles. The first kappa shape index (κ1) is 15.5. The topological polar surface area (TPSA) is 87.0 Å². The Morgan fingerprint density at radius 3 is 2.92 bits per heavy atom. The molecule has 1 amide bonds. The molecule has 0 saturated carbocycles. The lowest BCUT2D eigenvalue weighted by Gasteiger charge is -2.14. The first-order chi connectivity index (χ1) is 12.2. The van der Waals surface area contributed by atoms with Crippen molar-refractivity contribution in [2.24, 2.45) is 5.92 Å². The highest BCUT2D eigenvalue weighted by Crippen LogP contribution is 2.26. The number of hydrogen-bond acceptors (Lipinski definition) is 3. The number of nitrogens with one attached hydrogen (secondary N) is 3. The monoisotopic (exact) mass is 337 g/mol. The van der Waals surface area contributed by atoms with Gasteiger partial charge in [-0.05, 0) is 42.2 Å². The summed E-state index contributed by atoms with van der Waals surface area (Å²) in [6, 6.07) is 13.5. The second-order valence-corrected chi connectivity index (χ2v) is 6.32. The molecular formula is C19H19N3O3. The maximum atomic E-state index is 12.6. The highest BCUT2D eigenvalue weighted by atomic mass is 16.5. The lowest BCUT2D eigenvalue weighted by Crippen LogP contribution is -2.31. The van der Waals surface area contributed by atoms with Crippen LogP contribution in [0.5, 0.6) is 5.75 Å². The molecule has 0 fully saturated rings. The van der Waals surface area contributed by atoms with E-state index < -0.39 is 0 Å². The summed E-state index contributed by atoms with van der Waals surface area (Å²) in [5.41, 5.74) is 3.30. The summed E-state index contributed by atoms with van der Waals surface area (Å²) in [6.45, 7) is 0.979. The van der Waals surface area contributed by atoms with Gasteiger partial charge in [-0.25, -0.2) is 4.79 Å². The SMILES string of the molecule is O=C(NCc1ccc2[nH]c(=O)[nH]c2c1)C1CCOc2ccccc2C1. The minimum absolute atomic E-state index is 0.0305. The number of benzene rings is 2. The molecule has 0 radical (unpaired) electrons. The van der Waals surface area contributed by atoms with E-state index in [0.29, 0.717) is 26.0 Å². The maximum Gasteiger partial charge on any atom is 0.323 e. The van der Waals surface area contributed by atoms with Gasteiger partial charge in [0.15, 0.2) is 0 Å². The minimum atomic E-state index is -0.228. The molecule has 0 bridgehead atoms. The van der Waals surface area contributed by atoms with Gasteiger partial charge in [-0.15, -0.1) is 0 Å². The summed E-state index contributed by atoms with van der Waals surface area (Å²) in [4.78, 5) is 29.3. The summed E-state index contributed by atoms with van der Waals surface area (Å²) in [7, 11) is 0. The van der Waals surface area contributed by atoms with Gasteiger partial charge >= 0.3 is 5.69 Å². The number of carbonyl (C=O) groups is 1. The van der Waals surface area contributed by atoms with Gasteiger partial charge < -0.3 is 20.0 Å². The second-order valence-electron chi connectivity index (χ2n) is 6.32. The Labute approximate surface area is 144 Å². The van der Waals surface area contributed by atoms with Crippen LogP contribution in [-0.4, -0.2) is 22.5 Å². The van der Waals surface area contributed by atoms with E-state index in [1.807, 2.05) is 42.5 Å². The minimum Gasteiger partial charge on any atom is -0.493 e. The summed E-state index contributed by atoms with van der Waals surface area (Å²) < 4.78 is 5.72. The van der Waals surface area contributed by atoms with E-state index in [1.54, 1.807) is 0 Å². The van der Waals surface area contributed by atoms with E-state index in [0.717, 1.165) is 27.9 Å². The van der Waals surface area contributed by atoms with Crippen LogP contribution in [0, 0.1) is 5.92 Å². The fraction of sp³-hybridized carbons (Fsp3) is 0.263. The molecule has 2 aromatic carbocycles. The van der Waals surface area contributed by atoms with E-state index in [9.17, 15) is 9.59 Å². The van der Waals surface area contributed by atoms with Crippen LogP contribution in [0.15, 0.2) is 47.3 Å². The molecule has 6 heteroatoms. The van der Waals surface area contributed by atoms with Crippen molar-refractivity contribution < 1.29 is 9.53 Å². The Hall–Kier alpha value is -3.02. The molecule has 0 spiro atoms. The van der Waals surface area contributed by atoms with Crippen molar-refractivity contribution in [3.05, 3.63) is 64.1 Å². The van der Waals surface area contributed by atoms with Gasteiger partial charge in [0.05, 0.1) is 17.6 Å². The Bertz CT molecular complexity index is 973. The van der Waals surface area contributed by atoms with Crippen LogP contribution in [0.4, 0.5) is 0 Å². The zero-order chi connectivity index (χ0) is 17.2. The average molecular weight is 337 g/mol. The van der Waals surface area contributed by atoms with E-state index in [4.69, 9.17) is 4.74 Å². The molecule has 1 aliphatic rings. The number of hydrogen-bond donors (Lipinski definition) is 3. The third-order valence-corrected chi connectivity index (χ3v) is 4.58. The Morgan fingerprint density at radius 2 is 2.00 bits per heavy atom. The number of carbonyl (C=O) groups excluding carboxylic acids is 1. The van der Waals surface area contributed by atoms with Crippen molar-refractivity contribution in [2.75, 3.05) is 6.61 Å². The summed E-state index contributed by atoms with van der Waals surface area (Å²) in [5, 5.41) is 3.00. The molecule has 0 saturated heterocycles. The van der Waals surface area contributed by atoms with Crippen molar-refractivity contribution in [1.29, 1.82) is 0 Å². The van der Waals surface area contributed by atoms with E-state index in [1.165, 1.54) is 0 Å². The third-order valence-electron chi connectivity index (χ3n) is 4.58. The maximum absolute atomic E-state index is 12.6. The Morgan fingerprint density at radius 1 is 1.16 bits per heavy atom. The van der Waals surface area contributed by atoms with Crippen molar-refractivity contribution in [3.63, 3.8) is 0 Å². The largest absolute Gasteiger partial charge is 0.493 e. The van der Waals surface area contributed by atoms with E-state index in [2.05, 4.69) is 15.3 Å². The quantitative estimate of drug-likeness (QED) is 0.684. The van der Waals surface area contributed by atoms with Crippen LogP contribution in [0.1, 0.15) is 17.5 Å². The van der Waals surface area contributed by atoms with Gasteiger partial charge in [0.25, 0.3) is 0 Å². The van der Waals surface area contributed by atoms with Crippen molar-refractivity contribution in [2.45, 2.75) is 19.4 Å². The van der Waals surface area contributed by atoms with Crippen molar-refractivity contribution >= 4 is 16.9 Å². The lowest BCUT2D eigenvalue weighted by molar-refractivity contribution is -0.125. The van der Waals surface area contributed by atoms with Crippen LogP contribution in [0.25, 0.3) is 11.0 Å². The van der Waals surface area contributed by atoms with Crippen LogP contribution in [-0.2, 0) is 17.8 Å². The molecule has 0 aliphatic carbocycles. The molecule has 1 atom stereocenters. The summed E-state index contributed by atoms with van der Waals surface area (Å²) >= 11 is 0. The van der Waals surface area contributed by atoms with Gasteiger partial charge in [0.1, 0.15) is 5.75 Å². The number of para-hydroxylation sites is 1. The fourth-order valence-corrected chi connectivity index (χ4v) is 3.24. The fourth-order valence-electron chi connectivity index (χ4n) is 3.24. The first-order valence-electron chi connectivity index (χ1n) is 8.38. The average Bonchev–Trinajstić information content (AvgIpc) is 2.85. The molecule has 1 unspecified atom stereocenters. The molecule has 1 aliphatic heterocycles. The smallest absolute Gasteiger partial charge is 0.323 e. The molecule has 25 heavy (non-hydrogen) atoms. The summed E-state index contributed by atoms with van der Waals surface area (Å²) in [6.07, 6.45) is 1.39. The summed E-state index contributed by atoms with van der Waals surface area (Å²) in [5.74, 6) is 0.807. The van der Waals surface area contributed by atoms with Crippen LogP contribution in [0.3, 0.4) is 0 Å². The highest BCUT2D eigenvalue weighted by molar-refractivity contribution is 5.79. The number of rotatable bonds is 3. The molecule has 1 aromatic heterocycles. The van der Waals surface area contributed by atoms with Gasteiger partial charge in [-0.2, -0.15) is 0 Å². The molecule has 3 N–H and O–H groups in total. The number of aromatic amines is 2. The van der Waals surface area contributed by atoms with Gasteiger partial charge in [-0.1, -0.05) is 24.3 Å². The van der Waals surface area contributed by atoms with Gasteiger partial charge in [0.2, 0.25) is 5.91 Å². The first-order valence-corrected chi connectivity index (χ1v) is 8.38. The van der Waals surface area contributed by atoms with Gasteiger partial charge in [-0.3, -0.25) is 4.79 Å². The highest BCUT2D eigenvalue weighted by Gasteiger charge is 2.23. The predicted octanol–water partition coefficient (Wildman–Crippen LogP) is 2.11. The van der Waals surface area contributed by atoms with Crippen LogP contribution >= 0.6 is 0 Å². The molecule has 6 nitrogen and oxygen atoms in total. The zero-order valence-corrected chi connectivity index (χ0v) is 13.7. The van der Waals surface area contributed by atoms with Crippen molar-refractivity contribution in [3.8, 4) is 5.75 Å². The standard InChI is InChI=1S/C19H19N3O3/c23-18(14-7-8-25-17-4-2-1-3-13(17)10-14)20-11-12-5-6-15-16(9-12)22-19(24)21-15/h1-6,9,14H,7-8,10-11H2,(H,20,23)(H2,21,22,24). The predicted molar refractivity (Wildman–Crippen MR) is 94.5 cm³/mol. The second kappa shape index (κ2) is 6.47. The third kappa shape index (κ3) is 3.28. The molecular weight excluding hydrogens is 318 g/mol.